The standard InChI is InChI=1S/C12H12N2O/c13-7-9-2-1-3-10(6-9)12(15)11-4-5-14-8-11/h1-6,8,14H,7,13H2. The molecule has 1 aromatic carbocycles. The lowest BCUT2D eigenvalue weighted by atomic mass is 10.0. The SMILES string of the molecule is NCc1cccc(C(=O)c2cc[nH]c2)c1. The molecule has 0 saturated carbocycles. The van der Waals surface area contributed by atoms with Crippen molar-refractivity contribution in [2.75, 3.05) is 0 Å². The van der Waals surface area contributed by atoms with E-state index in [2.05, 4.69) is 4.98 Å². The third kappa shape index (κ3) is 1.97. The van der Waals surface area contributed by atoms with Crippen molar-refractivity contribution in [1.82, 2.24) is 4.98 Å². The fourth-order valence-electron chi connectivity index (χ4n) is 1.47. The summed E-state index contributed by atoms with van der Waals surface area (Å²) in [6.07, 6.45) is 3.43. The molecule has 0 saturated heterocycles. The minimum absolute atomic E-state index is 0.0200. The predicted molar refractivity (Wildman–Crippen MR) is 58.6 cm³/mol. The Bertz CT molecular complexity index is 460. The fourth-order valence-corrected chi connectivity index (χ4v) is 1.47. The summed E-state index contributed by atoms with van der Waals surface area (Å²) in [5.41, 5.74) is 7.84. The molecule has 1 heterocycles. The topological polar surface area (TPSA) is 58.9 Å². The van der Waals surface area contributed by atoms with Crippen molar-refractivity contribution in [3.05, 3.63) is 59.4 Å². The third-order valence-electron chi connectivity index (χ3n) is 2.29. The maximum Gasteiger partial charge on any atom is 0.194 e. The van der Waals surface area contributed by atoms with E-state index in [1.807, 2.05) is 18.2 Å². The smallest absolute Gasteiger partial charge is 0.194 e. The van der Waals surface area contributed by atoms with E-state index in [0.29, 0.717) is 17.7 Å². The van der Waals surface area contributed by atoms with Gasteiger partial charge in [0.05, 0.1) is 0 Å². The van der Waals surface area contributed by atoms with Gasteiger partial charge in [-0.25, -0.2) is 0 Å². The van der Waals surface area contributed by atoms with E-state index in [4.69, 9.17) is 5.73 Å². The van der Waals surface area contributed by atoms with E-state index >= 15 is 0 Å². The number of aromatic amines is 1. The van der Waals surface area contributed by atoms with Gasteiger partial charge in [0, 0.05) is 30.1 Å². The second-order valence-corrected chi connectivity index (χ2v) is 3.33. The van der Waals surface area contributed by atoms with Crippen LogP contribution in [0.4, 0.5) is 0 Å². The Labute approximate surface area is 87.9 Å². The molecule has 1 aromatic heterocycles. The molecule has 3 nitrogen and oxygen atoms in total. The van der Waals surface area contributed by atoms with E-state index in [1.54, 1.807) is 24.5 Å². The van der Waals surface area contributed by atoms with Crippen molar-refractivity contribution in [2.45, 2.75) is 6.54 Å². The first-order valence-corrected chi connectivity index (χ1v) is 4.78. The maximum atomic E-state index is 11.9. The van der Waals surface area contributed by atoms with Gasteiger partial charge in [0.25, 0.3) is 0 Å². The van der Waals surface area contributed by atoms with Crippen molar-refractivity contribution in [2.24, 2.45) is 5.73 Å². The lowest BCUT2D eigenvalue weighted by Crippen LogP contribution is -2.02. The third-order valence-corrected chi connectivity index (χ3v) is 2.29. The highest BCUT2D eigenvalue weighted by atomic mass is 16.1. The number of H-pyrrole nitrogens is 1. The Kier molecular flexibility index (Phi) is 2.65. The Morgan fingerprint density at radius 2 is 2.13 bits per heavy atom. The summed E-state index contributed by atoms with van der Waals surface area (Å²) < 4.78 is 0. The quantitative estimate of drug-likeness (QED) is 0.741. The number of nitrogens with one attached hydrogen (secondary N) is 1. The number of carbonyl (C=O) groups is 1. The van der Waals surface area contributed by atoms with E-state index < -0.39 is 0 Å². The average Bonchev–Trinajstić information content (AvgIpc) is 2.81. The molecule has 15 heavy (non-hydrogen) atoms. The molecular weight excluding hydrogens is 188 g/mol. The first kappa shape index (κ1) is 9.68. The van der Waals surface area contributed by atoms with Crippen LogP contribution in [0.3, 0.4) is 0 Å². The molecule has 76 valence electrons. The Morgan fingerprint density at radius 3 is 2.80 bits per heavy atom. The largest absolute Gasteiger partial charge is 0.367 e. The van der Waals surface area contributed by atoms with Crippen LogP contribution in [-0.4, -0.2) is 10.8 Å². The first-order valence-electron chi connectivity index (χ1n) is 4.78. The Morgan fingerprint density at radius 1 is 1.27 bits per heavy atom. The number of hydrogen-bond acceptors (Lipinski definition) is 2. The van der Waals surface area contributed by atoms with Gasteiger partial charge in [-0.2, -0.15) is 0 Å². The van der Waals surface area contributed by atoms with Crippen molar-refractivity contribution in [1.29, 1.82) is 0 Å². The van der Waals surface area contributed by atoms with Crippen LogP contribution in [0.2, 0.25) is 0 Å². The van der Waals surface area contributed by atoms with E-state index in [9.17, 15) is 4.79 Å². The van der Waals surface area contributed by atoms with Gasteiger partial charge in [0.2, 0.25) is 0 Å². The molecule has 0 unspecified atom stereocenters. The Hall–Kier alpha value is -1.87. The molecule has 0 spiro atoms. The predicted octanol–water partition coefficient (Wildman–Crippen LogP) is 1.70. The van der Waals surface area contributed by atoms with Crippen molar-refractivity contribution in [3.63, 3.8) is 0 Å². The molecule has 0 aliphatic heterocycles. The number of benzene rings is 1. The van der Waals surface area contributed by atoms with Crippen LogP contribution in [0.25, 0.3) is 0 Å². The lowest BCUT2D eigenvalue weighted by molar-refractivity contribution is 0.103. The molecule has 0 radical (unpaired) electrons. The molecular formula is C12H12N2O. The van der Waals surface area contributed by atoms with Crippen LogP contribution in [0.1, 0.15) is 21.5 Å². The van der Waals surface area contributed by atoms with Gasteiger partial charge in [0.1, 0.15) is 0 Å². The molecule has 3 N–H and O–H groups in total. The first-order chi connectivity index (χ1) is 7.31. The van der Waals surface area contributed by atoms with Gasteiger partial charge in [0.15, 0.2) is 5.78 Å². The molecule has 3 heteroatoms. The highest BCUT2D eigenvalue weighted by molar-refractivity contribution is 6.08. The molecule has 2 aromatic rings. The molecule has 0 aliphatic rings. The zero-order valence-electron chi connectivity index (χ0n) is 8.23. The van der Waals surface area contributed by atoms with Gasteiger partial charge in [-0.05, 0) is 17.7 Å². The van der Waals surface area contributed by atoms with Crippen LogP contribution in [0.15, 0.2) is 42.7 Å². The number of hydrogen-bond donors (Lipinski definition) is 2. The summed E-state index contributed by atoms with van der Waals surface area (Å²) in [6.45, 7) is 0.453. The zero-order chi connectivity index (χ0) is 10.7. The van der Waals surface area contributed by atoms with E-state index in [0.717, 1.165) is 5.56 Å². The van der Waals surface area contributed by atoms with E-state index in [1.165, 1.54) is 0 Å². The van der Waals surface area contributed by atoms with Crippen LogP contribution in [0, 0.1) is 0 Å². The monoisotopic (exact) mass is 200 g/mol. The minimum atomic E-state index is 0.0200. The fraction of sp³-hybridized carbons (Fsp3) is 0.0833. The normalized spacial score (nSPS) is 10.2. The van der Waals surface area contributed by atoms with Crippen LogP contribution in [-0.2, 0) is 6.54 Å². The summed E-state index contributed by atoms with van der Waals surface area (Å²) in [5.74, 6) is 0.0200. The molecule has 0 amide bonds. The molecule has 0 atom stereocenters. The second-order valence-electron chi connectivity index (χ2n) is 3.33. The highest BCUT2D eigenvalue weighted by Crippen LogP contribution is 2.10. The average molecular weight is 200 g/mol. The summed E-state index contributed by atoms with van der Waals surface area (Å²) in [6, 6.07) is 9.15. The summed E-state index contributed by atoms with van der Waals surface area (Å²) in [5, 5.41) is 0. The number of rotatable bonds is 3. The molecule has 2 rings (SSSR count). The summed E-state index contributed by atoms with van der Waals surface area (Å²) in [7, 11) is 0. The molecule has 0 fully saturated rings. The van der Waals surface area contributed by atoms with Gasteiger partial charge in [-0.1, -0.05) is 18.2 Å². The zero-order valence-corrected chi connectivity index (χ0v) is 8.23. The summed E-state index contributed by atoms with van der Waals surface area (Å²) in [4.78, 5) is 14.8. The van der Waals surface area contributed by atoms with Gasteiger partial charge in [-0.15, -0.1) is 0 Å². The lowest BCUT2D eigenvalue weighted by Gasteiger charge is -2.01. The van der Waals surface area contributed by atoms with Gasteiger partial charge in [-0.3, -0.25) is 4.79 Å². The Balaban J connectivity index is 2.34. The number of nitrogens with two attached hydrogens (primary N) is 1. The van der Waals surface area contributed by atoms with Crippen LogP contribution >= 0.6 is 0 Å². The van der Waals surface area contributed by atoms with Crippen LogP contribution < -0.4 is 5.73 Å². The molecule has 0 bridgehead atoms. The van der Waals surface area contributed by atoms with Crippen molar-refractivity contribution < 1.29 is 4.79 Å². The van der Waals surface area contributed by atoms with Gasteiger partial charge < -0.3 is 10.7 Å². The number of carbonyl (C=O) groups excluding carboxylic acids is 1. The highest BCUT2D eigenvalue weighted by Gasteiger charge is 2.08. The van der Waals surface area contributed by atoms with Crippen molar-refractivity contribution in [3.8, 4) is 0 Å². The van der Waals surface area contributed by atoms with Crippen LogP contribution in [0.5, 0.6) is 0 Å². The van der Waals surface area contributed by atoms with Gasteiger partial charge >= 0.3 is 0 Å². The number of aromatic nitrogens is 1. The maximum absolute atomic E-state index is 11.9. The minimum Gasteiger partial charge on any atom is -0.367 e. The number of ketones is 1. The van der Waals surface area contributed by atoms with E-state index in [-0.39, 0.29) is 5.78 Å². The second kappa shape index (κ2) is 4.11. The van der Waals surface area contributed by atoms with Crippen molar-refractivity contribution >= 4 is 5.78 Å². The summed E-state index contributed by atoms with van der Waals surface area (Å²) >= 11 is 0. The molecule has 0 aliphatic carbocycles.